The summed E-state index contributed by atoms with van der Waals surface area (Å²) in [6, 6.07) is 3.63. The van der Waals surface area contributed by atoms with Gasteiger partial charge in [-0.2, -0.15) is 13.1 Å². The highest BCUT2D eigenvalue weighted by atomic mass is 32.2. The van der Waals surface area contributed by atoms with Crippen LogP contribution in [0.3, 0.4) is 0 Å². The van der Waals surface area contributed by atoms with Crippen LogP contribution in [0.15, 0.2) is 24.3 Å². The molecule has 0 bridgehead atoms. The molecular formula is C12H13FN2O4S. The molecule has 1 aliphatic rings. The van der Waals surface area contributed by atoms with Crippen molar-refractivity contribution < 1.29 is 22.7 Å². The van der Waals surface area contributed by atoms with E-state index in [2.05, 4.69) is 9.44 Å². The minimum atomic E-state index is -3.78. The molecule has 0 atom stereocenters. The Bertz CT molecular complexity index is 653. The van der Waals surface area contributed by atoms with Gasteiger partial charge in [-0.1, -0.05) is 6.07 Å². The molecule has 0 radical (unpaired) electrons. The van der Waals surface area contributed by atoms with Crippen LogP contribution in [-0.2, 0) is 15.0 Å². The lowest BCUT2D eigenvalue weighted by molar-refractivity contribution is -0.131. The predicted molar refractivity (Wildman–Crippen MR) is 71.8 cm³/mol. The van der Waals surface area contributed by atoms with Crippen molar-refractivity contribution in [3.8, 4) is 0 Å². The molecule has 0 amide bonds. The van der Waals surface area contributed by atoms with Gasteiger partial charge in [0.1, 0.15) is 5.82 Å². The number of aliphatic carboxylic acids is 1. The van der Waals surface area contributed by atoms with Crippen LogP contribution in [0.4, 0.5) is 10.1 Å². The first-order chi connectivity index (χ1) is 9.35. The topological polar surface area (TPSA) is 95.5 Å². The fraction of sp³-hybridized carbons (Fsp3) is 0.250. The van der Waals surface area contributed by atoms with Crippen molar-refractivity contribution in [2.45, 2.75) is 18.9 Å². The highest BCUT2D eigenvalue weighted by Gasteiger charge is 2.27. The van der Waals surface area contributed by atoms with Gasteiger partial charge in [-0.05, 0) is 36.6 Å². The summed E-state index contributed by atoms with van der Waals surface area (Å²) in [5.74, 6) is -1.93. The van der Waals surface area contributed by atoms with Gasteiger partial charge in [0.15, 0.2) is 0 Å². The SMILES string of the molecule is O=C(O)/C=C/c1ccc(NS(=O)(=O)NC2CC2)c(F)c1. The molecule has 0 aliphatic heterocycles. The van der Waals surface area contributed by atoms with Crippen LogP contribution < -0.4 is 9.44 Å². The van der Waals surface area contributed by atoms with E-state index >= 15 is 0 Å². The van der Waals surface area contributed by atoms with Crippen LogP contribution >= 0.6 is 0 Å². The molecule has 2 rings (SSSR count). The largest absolute Gasteiger partial charge is 0.478 e. The Hall–Kier alpha value is -1.93. The Labute approximate surface area is 115 Å². The average molecular weight is 300 g/mol. The predicted octanol–water partition coefficient (Wildman–Crippen LogP) is 1.33. The smallest absolute Gasteiger partial charge is 0.328 e. The molecule has 0 aromatic heterocycles. The third kappa shape index (κ3) is 4.32. The lowest BCUT2D eigenvalue weighted by Crippen LogP contribution is -2.32. The number of carbonyl (C=O) groups is 1. The Morgan fingerprint density at radius 2 is 2.10 bits per heavy atom. The first-order valence-electron chi connectivity index (χ1n) is 5.86. The Morgan fingerprint density at radius 1 is 1.40 bits per heavy atom. The van der Waals surface area contributed by atoms with E-state index in [9.17, 15) is 17.6 Å². The second-order valence-corrected chi connectivity index (χ2v) is 5.86. The van der Waals surface area contributed by atoms with Gasteiger partial charge in [-0.15, -0.1) is 0 Å². The molecule has 0 spiro atoms. The van der Waals surface area contributed by atoms with Crippen LogP contribution in [0, 0.1) is 5.82 Å². The maximum absolute atomic E-state index is 13.7. The summed E-state index contributed by atoms with van der Waals surface area (Å²) in [4.78, 5) is 10.3. The molecule has 0 heterocycles. The van der Waals surface area contributed by atoms with E-state index in [0.29, 0.717) is 5.56 Å². The van der Waals surface area contributed by atoms with E-state index in [1.807, 2.05) is 0 Å². The summed E-state index contributed by atoms with van der Waals surface area (Å²) >= 11 is 0. The van der Waals surface area contributed by atoms with E-state index in [0.717, 1.165) is 25.0 Å². The lowest BCUT2D eigenvalue weighted by Gasteiger charge is -2.09. The van der Waals surface area contributed by atoms with Gasteiger partial charge in [-0.3, -0.25) is 4.72 Å². The number of carboxylic acid groups (broad SMARTS) is 1. The maximum Gasteiger partial charge on any atom is 0.328 e. The van der Waals surface area contributed by atoms with Crippen LogP contribution in [0.25, 0.3) is 6.08 Å². The molecule has 0 unspecified atom stereocenters. The van der Waals surface area contributed by atoms with E-state index in [4.69, 9.17) is 5.11 Å². The number of rotatable bonds is 6. The second kappa shape index (κ2) is 5.59. The molecule has 1 saturated carbocycles. The van der Waals surface area contributed by atoms with Gasteiger partial charge in [-0.25, -0.2) is 9.18 Å². The highest BCUT2D eigenvalue weighted by molar-refractivity contribution is 7.90. The Morgan fingerprint density at radius 3 is 2.65 bits per heavy atom. The van der Waals surface area contributed by atoms with Crippen molar-refractivity contribution >= 4 is 27.9 Å². The molecule has 0 saturated heterocycles. The standard InChI is InChI=1S/C12H13FN2O4S/c13-10-7-8(2-6-12(16)17)1-5-11(10)15-20(18,19)14-9-3-4-9/h1-2,5-7,9,14-15H,3-4H2,(H,16,17)/b6-2+. The number of anilines is 1. The zero-order valence-corrected chi connectivity index (χ0v) is 11.2. The average Bonchev–Trinajstić information content (AvgIpc) is 3.12. The van der Waals surface area contributed by atoms with Crippen molar-refractivity contribution in [3.05, 3.63) is 35.7 Å². The first-order valence-corrected chi connectivity index (χ1v) is 7.35. The molecule has 3 N–H and O–H groups in total. The van der Waals surface area contributed by atoms with E-state index in [1.165, 1.54) is 18.2 Å². The lowest BCUT2D eigenvalue weighted by atomic mass is 10.2. The summed E-state index contributed by atoms with van der Waals surface area (Å²) < 4.78 is 41.4. The molecule has 108 valence electrons. The van der Waals surface area contributed by atoms with Crippen molar-refractivity contribution in [3.63, 3.8) is 0 Å². The van der Waals surface area contributed by atoms with Gasteiger partial charge in [0, 0.05) is 12.1 Å². The highest BCUT2D eigenvalue weighted by Crippen LogP contribution is 2.22. The van der Waals surface area contributed by atoms with Crippen molar-refractivity contribution in [2.24, 2.45) is 0 Å². The summed E-state index contributed by atoms with van der Waals surface area (Å²) in [7, 11) is -3.78. The second-order valence-electron chi connectivity index (χ2n) is 4.41. The molecule has 1 fully saturated rings. The van der Waals surface area contributed by atoms with Gasteiger partial charge in [0.25, 0.3) is 10.2 Å². The van der Waals surface area contributed by atoms with Crippen LogP contribution in [0.5, 0.6) is 0 Å². The number of benzene rings is 1. The Balaban J connectivity index is 2.11. The van der Waals surface area contributed by atoms with Crippen molar-refractivity contribution in [1.82, 2.24) is 4.72 Å². The normalized spacial score (nSPS) is 15.4. The zero-order valence-electron chi connectivity index (χ0n) is 10.3. The third-order valence-electron chi connectivity index (χ3n) is 2.55. The summed E-state index contributed by atoms with van der Waals surface area (Å²) in [5.41, 5.74) is 0.133. The van der Waals surface area contributed by atoms with Crippen molar-refractivity contribution in [2.75, 3.05) is 4.72 Å². The molecule has 1 aromatic rings. The number of nitrogens with one attached hydrogen (secondary N) is 2. The number of carboxylic acids is 1. The fourth-order valence-corrected chi connectivity index (χ4v) is 2.67. The van der Waals surface area contributed by atoms with Crippen LogP contribution in [0.2, 0.25) is 0 Å². The van der Waals surface area contributed by atoms with E-state index in [-0.39, 0.29) is 11.7 Å². The number of hydrogen-bond donors (Lipinski definition) is 3. The van der Waals surface area contributed by atoms with Crippen LogP contribution in [-0.4, -0.2) is 25.5 Å². The molecule has 1 aliphatic carbocycles. The van der Waals surface area contributed by atoms with Crippen molar-refractivity contribution in [1.29, 1.82) is 0 Å². The van der Waals surface area contributed by atoms with Gasteiger partial charge >= 0.3 is 5.97 Å². The summed E-state index contributed by atoms with van der Waals surface area (Å²) in [5, 5.41) is 8.46. The number of halogens is 1. The molecule has 20 heavy (non-hydrogen) atoms. The van der Waals surface area contributed by atoms with E-state index < -0.39 is 22.0 Å². The first kappa shape index (κ1) is 14.5. The zero-order chi connectivity index (χ0) is 14.8. The van der Waals surface area contributed by atoms with Gasteiger partial charge in [0.2, 0.25) is 0 Å². The number of hydrogen-bond acceptors (Lipinski definition) is 3. The molecule has 6 nitrogen and oxygen atoms in total. The monoisotopic (exact) mass is 300 g/mol. The maximum atomic E-state index is 13.7. The van der Waals surface area contributed by atoms with Crippen LogP contribution in [0.1, 0.15) is 18.4 Å². The minimum Gasteiger partial charge on any atom is -0.478 e. The minimum absolute atomic E-state index is 0.0756. The summed E-state index contributed by atoms with van der Waals surface area (Å²) in [6.07, 6.45) is 3.64. The summed E-state index contributed by atoms with van der Waals surface area (Å²) in [6.45, 7) is 0. The van der Waals surface area contributed by atoms with Gasteiger partial charge in [0.05, 0.1) is 5.69 Å². The van der Waals surface area contributed by atoms with Gasteiger partial charge < -0.3 is 5.11 Å². The molecule has 8 heteroatoms. The molecular weight excluding hydrogens is 287 g/mol. The molecule has 1 aromatic carbocycles. The quantitative estimate of drug-likeness (QED) is 0.691. The third-order valence-corrected chi connectivity index (χ3v) is 3.69. The van der Waals surface area contributed by atoms with E-state index in [1.54, 1.807) is 0 Å². The Kier molecular flexibility index (Phi) is 4.05. The fourth-order valence-electron chi connectivity index (χ4n) is 1.48.